The lowest BCUT2D eigenvalue weighted by atomic mass is 10.1. The molecule has 0 amide bonds. The van der Waals surface area contributed by atoms with E-state index in [1.807, 2.05) is 28.9 Å². The summed E-state index contributed by atoms with van der Waals surface area (Å²) in [5, 5.41) is 13.3. The number of benzene rings is 2. The van der Waals surface area contributed by atoms with Crippen LogP contribution in [0.5, 0.6) is 0 Å². The molecule has 6 heteroatoms. The van der Waals surface area contributed by atoms with Gasteiger partial charge in [0.25, 0.3) is 0 Å². The number of para-hydroxylation sites is 1. The number of nitrogens with zero attached hydrogens (tertiary/aromatic N) is 5. The van der Waals surface area contributed by atoms with Crippen molar-refractivity contribution in [3.8, 4) is 16.9 Å². The molecule has 0 radical (unpaired) electrons. The van der Waals surface area contributed by atoms with Gasteiger partial charge in [-0.25, -0.2) is 14.3 Å². The topological polar surface area (TPSA) is 60.6 Å². The predicted molar refractivity (Wildman–Crippen MR) is 117 cm³/mol. The summed E-state index contributed by atoms with van der Waals surface area (Å²) in [6.45, 7) is 3.74. The van der Waals surface area contributed by atoms with Gasteiger partial charge in [-0.15, -0.1) is 0 Å². The lowest BCUT2D eigenvalue weighted by Gasteiger charge is -2.23. The van der Waals surface area contributed by atoms with Crippen LogP contribution in [0.1, 0.15) is 30.6 Å². The molecule has 0 fully saturated rings. The van der Waals surface area contributed by atoms with Crippen molar-refractivity contribution in [1.82, 2.24) is 29.9 Å². The Bertz CT molecular complexity index is 1110. The Kier molecular flexibility index (Phi) is 5.15. The first-order chi connectivity index (χ1) is 14.8. The summed E-state index contributed by atoms with van der Waals surface area (Å²) in [4.78, 5) is 4.62. The molecule has 1 aliphatic heterocycles. The number of aryl methyl sites for hydroxylation is 2. The molecule has 3 heterocycles. The van der Waals surface area contributed by atoms with E-state index in [9.17, 15) is 0 Å². The van der Waals surface area contributed by atoms with E-state index in [-0.39, 0.29) is 0 Å². The van der Waals surface area contributed by atoms with Gasteiger partial charge in [0.15, 0.2) is 5.82 Å². The second-order valence-electron chi connectivity index (χ2n) is 7.75. The van der Waals surface area contributed by atoms with Crippen LogP contribution in [-0.2, 0) is 25.9 Å². The molecule has 1 N–H and O–H groups in total. The van der Waals surface area contributed by atoms with Gasteiger partial charge in [0.05, 0.1) is 17.9 Å². The minimum atomic E-state index is 0.382. The molecule has 152 valence electrons. The van der Waals surface area contributed by atoms with E-state index in [0.29, 0.717) is 6.04 Å². The predicted octanol–water partition coefficient (Wildman–Crippen LogP) is 3.80. The van der Waals surface area contributed by atoms with Crippen molar-refractivity contribution < 1.29 is 0 Å². The van der Waals surface area contributed by atoms with Crippen LogP contribution in [0.25, 0.3) is 16.9 Å². The van der Waals surface area contributed by atoms with Gasteiger partial charge >= 0.3 is 0 Å². The van der Waals surface area contributed by atoms with Crippen LogP contribution in [0.2, 0.25) is 0 Å². The third-order valence-corrected chi connectivity index (χ3v) is 5.66. The fraction of sp³-hybridized carbons (Fsp3) is 0.292. The maximum atomic E-state index is 4.91. The Morgan fingerprint density at radius 2 is 1.77 bits per heavy atom. The quantitative estimate of drug-likeness (QED) is 0.537. The summed E-state index contributed by atoms with van der Waals surface area (Å²) in [5.74, 6) is 2.06. The molecule has 5 rings (SSSR count). The van der Waals surface area contributed by atoms with Crippen LogP contribution in [0.15, 0.2) is 66.9 Å². The number of hydrogen-bond acceptors (Lipinski definition) is 4. The first kappa shape index (κ1) is 18.8. The van der Waals surface area contributed by atoms with E-state index in [4.69, 9.17) is 5.10 Å². The first-order valence-electron chi connectivity index (χ1n) is 10.7. The van der Waals surface area contributed by atoms with Crippen molar-refractivity contribution in [1.29, 1.82) is 0 Å². The van der Waals surface area contributed by atoms with Crippen LogP contribution in [0.3, 0.4) is 0 Å². The van der Waals surface area contributed by atoms with Crippen molar-refractivity contribution in [3.05, 3.63) is 84.1 Å². The third kappa shape index (κ3) is 3.78. The molecule has 0 saturated carbocycles. The largest absolute Gasteiger partial charge is 0.308 e. The monoisotopic (exact) mass is 398 g/mol. The molecule has 1 atom stereocenters. The average molecular weight is 399 g/mol. The number of nitrogens with one attached hydrogen (secondary N) is 1. The highest BCUT2D eigenvalue weighted by Gasteiger charge is 2.22. The molecule has 0 aliphatic carbocycles. The van der Waals surface area contributed by atoms with E-state index >= 15 is 0 Å². The fourth-order valence-electron chi connectivity index (χ4n) is 4.02. The molecule has 4 aromatic rings. The van der Waals surface area contributed by atoms with Gasteiger partial charge in [-0.05, 0) is 18.6 Å². The molecule has 2 aromatic heterocycles. The molecule has 0 bridgehead atoms. The maximum Gasteiger partial charge on any atom is 0.150 e. The first-order valence-corrected chi connectivity index (χ1v) is 10.7. The van der Waals surface area contributed by atoms with Crippen molar-refractivity contribution in [2.75, 3.05) is 0 Å². The van der Waals surface area contributed by atoms with E-state index < -0.39 is 0 Å². The lowest BCUT2D eigenvalue weighted by molar-refractivity contribution is 0.357. The van der Waals surface area contributed by atoms with Gasteiger partial charge < -0.3 is 5.32 Å². The molecule has 0 saturated heterocycles. The van der Waals surface area contributed by atoms with Gasteiger partial charge in [0, 0.05) is 42.8 Å². The van der Waals surface area contributed by atoms with Crippen LogP contribution < -0.4 is 5.32 Å². The second-order valence-corrected chi connectivity index (χ2v) is 7.75. The van der Waals surface area contributed by atoms with Gasteiger partial charge in [0.2, 0.25) is 0 Å². The highest BCUT2D eigenvalue weighted by atomic mass is 15.4. The number of aromatic nitrogens is 5. The van der Waals surface area contributed by atoms with Crippen LogP contribution >= 0.6 is 0 Å². The zero-order valence-corrected chi connectivity index (χ0v) is 17.2. The van der Waals surface area contributed by atoms with E-state index in [0.717, 1.165) is 60.9 Å². The van der Waals surface area contributed by atoms with Crippen LogP contribution in [0, 0.1) is 0 Å². The Morgan fingerprint density at radius 3 is 2.53 bits per heavy atom. The maximum absolute atomic E-state index is 4.91. The molecular formula is C24H26N6. The van der Waals surface area contributed by atoms with Crippen LogP contribution in [0.4, 0.5) is 0 Å². The fourth-order valence-corrected chi connectivity index (χ4v) is 4.02. The van der Waals surface area contributed by atoms with Gasteiger partial charge in [-0.1, -0.05) is 55.5 Å². The average Bonchev–Trinajstić information content (AvgIpc) is 3.42. The molecule has 6 nitrogen and oxygen atoms in total. The Labute approximate surface area is 176 Å². The molecule has 1 unspecified atom stereocenters. The van der Waals surface area contributed by atoms with Crippen molar-refractivity contribution in [2.24, 2.45) is 0 Å². The number of rotatable bonds is 6. The third-order valence-electron chi connectivity index (χ3n) is 5.66. The van der Waals surface area contributed by atoms with Crippen LogP contribution in [-0.4, -0.2) is 30.6 Å². The summed E-state index contributed by atoms with van der Waals surface area (Å²) < 4.78 is 4.05. The van der Waals surface area contributed by atoms with E-state index in [1.54, 1.807) is 0 Å². The van der Waals surface area contributed by atoms with E-state index in [2.05, 4.69) is 69.6 Å². The zero-order valence-electron chi connectivity index (χ0n) is 17.2. The summed E-state index contributed by atoms with van der Waals surface area (Å²) in [7, 11) is 0. The second kappa shape index (κ2) is 8.24. The zero-order chi connectivity index (χ0) is 20.3. The normalized spacial score (nSPS) is 15.8. The minimum Gasteiger partial charge on any atom is -0.308 e. The highest BCUT2D eigenvalue weighted by molar-refractivity contribution is 5.63. The number of fused-ring (bicyclic) bond motifs is 1. The highest BCUT2D eigenvalue weighted by Crippen LogP contribution is 2.24. The minimum absolute atomic E-state index is 0.382. The summed E-state index contributed by atoms with van der Waals surface area (Å²) >= 11 is 0. The lowest BCUT2D eigenvalue weighted by Crippen LogP contribution is -2.37. The number of hydrogen-bond donors (Lipinski definition) is 1. The molecule has 2 aromatic carbocycles. The summed E-state index contributed by atoms with van der Waals surface area (Å²) in [6.07, 6.45) is 5.08. The molecule has 0 spiro atoms. The van der Waals surface area contributed by atoms with Gasteiger partial charge in [-0.2, -0.15) is 10.2 Å². The Hall–Kier alpha value is -3.25. The van der Waals surface area contributed by atoms with Crippen molar-refractivity contribution in [2.45, 2.75) is 45.3 Å². The Morgan fingerprint density at radius 1 is 1.00 bits per heavy atom. The smallest absolute Gasteiger partial charge is 0.150 e. The SMILES string of the molecule is CCc1nc2n(n1)CC(NCc1cn(-c3ccccc3)nc1-c1ccccc1)CC2. The summed E-state index contributed by atoms with van der Waals surface area (Å²) in [5.41, 5.74) is 4.43. The summed E-state index contributed by atoms with van der Waals surface area (Å²) in [6, 6.07) is 21.1. The van der Waals surface area contributed by atoms with Crippen molar-refractivity contribution in [3.63, 3.8) is 0 Å². The standard InChI is InChI=1S/C24H26N6/c1-2-22-26-23-14-13-20(17-30(23)27-22)25-15-19-16-29(21-11-7-4-8-12-21)28-24(19)18-9-5-3-6-10-18/h3-12,16,20,25H,2,13-15,17H2,1H3. The van der Waals surface area contributed by atoms with Crippen molar-refractivity contribution >= 4 is 0 Å². The molecule has 30 heavy (non-hydrogen) atoms. The molecular weight excluding hydrogens is 372 g/mol. The van der Waals surface area contributed by atoms with E-state index in [1.165, 1.54) is 5.56 Å². The van der Waals surface area contributed by atoms with Gasteiger partial charge in [-0.3, -0.25) is 0 Å². The van der Waals surface area contributed by atoms with Gasteiger partial charge in [0.1, 0.15) is 5.82 Å². The molecule has 1 aliphatic rings. The Balaban J connectivity index is 1.37.